The predicted molar refractivity (Wildman–Crippen MR) is 118 cm³/mol. The van der Waals surface area contributed by atoms with Gasteiger partial charge in [0.1, 0.15) is 6.04 Å². The Morgan fingerprint density at radius 2 is 1.90 bits per heavy atom. The van der Waals surface area contributed by atoms with Gasteiger partial charge < -0.3 is 27.2 Å². The van der Waals surface area contributed by atoms with Gasteiger partial charge in [0.15, 0.2) is 0 Å². The molecule has 0 bridgehead atoms. The van der Waals surface area contributed by atoms with E-state index in [1.807, 2.05) is 6.07 Å². The van der Waals surface area contributed by atoms with Crippen LogP contribution in [0.4, 0.5) is 11.6 Å². The average molecular weight is 424 g/mol. The zero-order valence-electron chi connectivity index (χ0n) is 16.7. The number of amides is 1. The molecular formula is C21H24N6O4. The Labute approximate surface area is 177 Å². The van der Waals surface area contributed by atoms with Crippen LogP contribution in [0.3, 0.4) is 0 Å². The Morgan fingerprint density at radius 3 is 2.58 bits per heavy atom. The van der Waals surface area contributed by atoms with Gasteiger partial charge in [-0.3, -0.25) is 14.6 Å². The summed E-state index contributed by atoms with van der Waals surface area (Å²) in [5.41, 5.74) is 13.2. The summed E-state index contributed by atoms with van der Waals surface area (Å²) in [6.07, 6.45) is 0.776. The number of nitrogens with zero attached hydrogens (tertiary/aromatic N) is 1. The summed E-state index contributed by atoms with van der Waals surface area (Å²) in [5, 5.41) is 15.4. The van der Waals surface area contributed by atoms with Gasteiger partial charge in [-0.1, -0.05) is 6.07 Å². The van der Waals surface area contributed by atoms with E-state index >= 15 is 0 Å². The highest BCUT2D eigenvalue weighted by atomic mass is 16.4. The van der Waals surface area contributed by atoms with Crippen molar-refractivity contribution in [1.82, 2.24) is 15.3 Å². The number of carboxylic acid groups (broad SMARTS) is 1. The highest BCUT2D eigenvalue weighted by molar-refractivity contribution is 5.96. The smallest absolute Gasteiger partial charge is 0.326 e. The predicted octanol–water partition coefficient (Wildman–Crippen LogP) is 1.04. The first-order valence-corrected chi connectivity index (χ1v) is 9.73. The molecule has 0 aliphatic rings. The Kier molecular flexibility index (Phi) is 6.83. The number of aliphatic carboxylic acids is 1. The third-order valence-electron chi connectivity index (χ3n) is 4.73. The van der Waals surface area contributed by atoms with Crippen molar-refractivity contribution in [3.63, 3.8) is 0 Å². The number of carbonyl (C=O) groups excluding carboxylic acids is 1. The van der Waals surface area contributed by atoms with Gasteiger partial charge in [0.05, 0.1) is 10.9 Å². The lowest BCUT2D eigenvalue weighted by Crippen LogP contribution is -2.41. The maximum Gasteiger partial charge on any atom is 0.326 e. The van der Waals surface area contributed by atoms with Crippen LogP contribution in [0.5, 0.6) is 0 Å². The first kappa shape index (κ1) is 21.8. The maximum absolute atomic E-state index is 12.3. The van der Waals surface area contributed by atoms with E-state index in [0.29, 0.717) is 36.0 Å². The highest BCUT2D eigenvalue weighted by Gasteiger charge is 2.19. The van der Waals surface area contributed by atoms with Crippen LogP contribution in [-0.2, 0) is 11.3 Å². The fourth-order valence-electron chi connectivity index (χ4n) is 3.08. The molecule has 0 fully saturated rings. The number of H-pyrrole nitrogens is 1. The zero-order valence-corrected chi connectivity index (χ0v) is 16.7. The Balaban J connectivity index is 1.63. The van der Waals surface area contributed by atoms with Crippen molar-refractivity contribution >= 4 is 34.4 Å². The monoisotopic (exact) mass is 424 g/mol. The minimum atomic E-state index is -1.09. The molecule has 10 nitrogen and oxygen atoms in total. The van der Waals surface area contributed by atoms with E-state index in [-0.39, 0.29) is 17.9 Å². The fraction of sp³-hybridized carbons (Fsp3) is 0.238. The molecule has 0 saturated heterocycles. The van der Waals surface area contributed by atoms with Crippen LogP contribution < -0.4 is 27.7 Å². The van der Waals surface area contributed by atoms with Crippen molar-refractivity contribution in [3.8, 4) is 0 Å². The molecule has 1 atom stereocenters. The van der Waals surface area contributed by atoms with E-state index in [9.17, 15) is 19.5 Å². The number of fused-ring (bicyclic) bond motifs is 1. The molecule has 0 aliphatic carbocycles. The summed E-state index contributed by atoms with van der Waals surface area (Å²) >= 11 is 0. The van der Waals surface area contributed by atoms with Crippen molar-refractivity contribution in [2.24, 2.45) is 5.73 Å². The van der Waals surface area contributed by atoms with Crippen LogP contribution in [0.1, 0.15) is 28.8 Å². The first-order valence-electron chi connectivity index (χ1n) is 9.73. The van der Waals surface area contributed by atoms with Crippen molar-refractivity contribution in [2.45, 2.75) is 25.4 Å². The lowest BCUT2D eigenvalue weighted by atomic mass is 10.1. The molecule has 1 amide bonds. The number of anilines is 2. The first-order chi connectivity index (χ1) is 14.9. The van der Waals surface area contributed by atoms with Crippen LogP contribution in [0.2, 0.25) is 0 Å². The van der Waals surface area contributed by atoms with Crippen molar-refractivity contribution in [3.05, 3.63) is 63.9 Å². The minimum Gasteiger partial charge on any atom is -0.480 e. The van der Waals surface area contributed by atoms with Crippen LogP contribution in [0, 0.1) is 0 Å². The number of nitrogen functional groups attached to an aromatic ring is 1. The molecular weight excluding hydrogens is 400 g/mol. The van der Waals surface area contributed by atoms with Crippen LogP contribution >= 0.6 is 0 Å². The largest absolute Gasteiger partial charge is 0.480 e. The van der Waals surface area contributed by atoms with Gasteiger partial charge >= 0.3 is 5.97 Å². The van der Waals surface area contributed by atoms with E-state index in [1.54, 1.807) is 36.4 Å². The number of hydrogen-bond donors (Lipinski definition) is 6. The summed E-state index contributed by atoms with van der Waals surface area (Å²) in [4.78, 5) is 42.2. The van der Waals surface area contributed by atoms with Gasteiger partial charge in [-0.2, -0.15) is 0 Å². The topological polar surface area (TPSA) is 176 Å². The number of nitrogens with two attached hydrogens (primary N) is 2. The second-order valence-corrected chi connectivity index (χ2v) is 7.03. The van der Waals surface area contributed by atoms with E-state index < -0.39 is 17.9 Å². The van der Waals surface area contributed by atoms with Gasteiger partial charge in [0.2, 0.25) is 5.95 Å². The molecule has 31 heavy (non-hydrogen) atoms. The van der Waals surface area contributed by atoms with E-state index in [0.717, 1.165) is 11.3 Å². The normalized spacial score (nSPS) is 11.8. The molecule has 0 saturated carbocycles. The maximum atomic E-state index is 12.3. The minimum absolute atomic E-state index is 0.0709. The third kappa shape index (κ3) is 5.58. The number of hydrogen-bond acceptors (Lipinski definition) is 7. The Bertz CT molecular complexity index is 1140. The summed E-state index contributed by atoms with van der Waals surface area (Å²) in [5.74, 6) is -1.48. The van der Waals surface area contributed by atoms with Crippen molar-refractivity contribution < 1.29 is 14.7 Å². The number of benzene rings is 2. The molecule has 0 radical (unpaired) electrons. The second-order valence-electron chi connectivity index (χ2n) is 7.03. The van der Waals surface area contributed by atoms with Crippen LogP contribution in [-0.4, -0.2) is 39.5 Å². The number of nitrogens with one attached hydrogen (secondary N) is 3. The molecule has 0 spiro atoms. The zero-order chi connectivity index (χ0) is 22.4. The lowest BCUT2D eigenvalue weighted by Gasteiger charge is -2.14. The molecule has 0 aliphatic heterocycles. The van der Waals surface area contributed by atoms with Gasteiger partial charge in [0.25, 0.3) is 11.5 Å². The molecule has 8 N–H and O–H groups in total. The lowest BCUT2D eigenvalue weighted by molar-refractivity contribution is -0.139. The van der Waals surface area contributed by atoms with Crippen molar-refractivity contribution in [2.75, 3.05) is 17.6 Å². The van der Waals surface area contributed by atoms with Gasteiger partial charge in [-0.25, -0.2) is 9.78 Å². The Morgan fingerprint density at radius 1 is 1.16 bits per heavy atom. The van der Waals surface area contributed by atoms with Crippen LogP contribution in [0.25, 0.3) is 10.9 Å². The fourth-order valence-corrected chi connectivity index (χ4v) is 3.08. The summed E-state index contributed by atoms with van der Waals surface area (Å²) < 4.78 is 0. The molecule has 10 heteroatoms. The Hall–Kier alpha value is -3.92. The summed E-state index contributed by atoms with van der Waals surface area (Å²) in [7, 11) is 0. The van der Waals surface area contributed by atoms with E-state index in [1.165, 1.54) is 0 Å². The molecule has 1 heterocycles. The molecule has 2 aromatic carbocycles. The average Bonchev–Trinajstić information content (AvgIpc) is 2.75. The molecule has 3 rings (SSSR count). The number of aromatic amines is 1. The molecule has 3 aromatic rings. The highest BCUT2D eigenvalue weighted by Crippen LogP contribution is 2.15. The second kappa shape index (κ2) is 9.72. The number of carboxylic acids is 1. The SMILES string of the molecule is NCCC[C@H](NC(=O)c1ccc(NCc2ccc3nc(N)[nH]c(=O)c3c2)cc1)C(=O)O. The number of rotatable bonds is 9. The number of aromatic nitrogens is 2. The van der Waals surface area contributed by atoms with Crippen LogP contribution in [0.15, 0.2) is 47.3 Å². The van der Waals surface area contributed by atoms with Crippen molar-refractivity contribution in [1.29, 1.82) is 0 Å². The van der Waals surface area contributed by atoms with Gasteiger partial charge in [0, 0.05) is 17.8 Å². The molecule has 162 valence electrons. The summed E-state index contributed by atoms with van der Waals surface area (Å²) in [6.45, 7) is 0.807. The molecule has 1 aromatic heterocycles. The number of carbonyl (C=O) groups is 2. The van der Waals surface area contributed by atoms with E-state index in [2.05, 4.69) is 20.6 Å². The standard InChI is InChI=1S/C21H24N6O4/c22-9-1-2-17(20(30)31)25-18(28)13-4-6-14(7-5-13)24-11-12-3-8-16-15(10-12)19(29)27-21(23)26-16/h3-8,10,17,24H,1-2,9,11,22H2,(H,25,28)(H,30,31)(H3,23,26,27,29)/t17-/m0/s1. The third-order valence-corrected chi connectivity index (χ3v) is 4.73. The summed E-state index contributed by atoms with van der Waals surface area (Å²) in [6, 6.07) is 11.0. The van der Waals surface area contributed by atoms with Gasteiger partial charge in [-0.05, 0) is 61.3 Å². The quantitative estimate of drug-likeness (QED) is 0.295. The molecule has 0 unspecified atom stereocenters. The van der Waals surface area contributed by atoms with Gasteiger partial charge in [-0.15, -0.1) is 0 Å². The van der Waals surface area contributed by atoms with E-state index in [4.69, 9.17) is 11.5 Å².